The van der Waals surface area contributed by atoms with Gasteiger partial charge in [0, 0.05) is 0 Å². The van der Waals surface area contributed by atoms with Gasteiger partial charge in [-0.05, 0) is 42.8 Å². The monoisotopic (exact) mass is 490 g/mol. The van der Waals surface area contributed by atoms with Crippen LogP contribution in [0, 0.1) is 0 Å². The van der Waals surface area contributed by atoms with E-state index in [9.17, 15) is 22.8 Å². The smallest absolute Gasteiger partial charge is 0.416 e. The fourth-order valence-corrected chi connectivity index (χ4v) is 2.96. The molecule has 0 radical (unpaired) electrons. The molecule has 2 aromatic carbocycles. The molecule has 0 aliphatic rings. The Labute approximate surface area is 198 Å². The second-order valence-corrected chi connectivity index (χ2v) is 6.98. The average molecular weight is 490 g/mol. The van der Waals surface area contributed by atoms with Gasteiger partial charge in [-0.25, -0.2) is 14.5 Å². The standard InChI is InChI=1S/C23H21F3N4O5/c1-3-4-15-5-8-19(20(9-15)33-2)34-12-22(32)35-11-21(31)29-17-10-16(23(24,25)26)6-7-18(17)30-14-27-13-28-30/h3-10,13-14H,11-12H2,1-2H3,(H,29,31)/b4-3+. The topological polar surface area (TPSA) is 105 Å². The van der Waals surface area contributed by atoms with Crippen molar-refractivity contribution >= 4 is 23.6 Å². The van der Waals surface area contributed by atoms with Gasteiger partial charge in [0.1, 0.15) is 12.7 Å². The van der Waals surface area contributed by atoms with Crippen molar-refractivity contribution in [3.63, 3.8) is 0 Å². The number of benzene rings is 2. The highest BCUT2D eigenvalue weighted by Crippen LogP contribution is 2.33. The molecule has 1 amide bonds. The first-order valence-electron chi connectivity index (χ1n) is 10.2. The summed E-state index contributed by atoms with van der Waals surface area (Å²) >= 11 is 0. The minimum Gasteiger partial charge on any atom is -0.493 e. The number of nitrogens with zero attached hydrogens (tertiary/aromatic N) is 3. The van der Waals surface area contributed by atoms with Crippen molar-refractivity contribution in [2.75, 3.05) is 25.6 Å². The molecule has 0 unspecified atom stereocenters. The van der Waals surface area contributed by atoms with Gasteiger partial charge in [-0.3, -0.25) is 4.79 Å². The number of carbonyl (C=O) groups is 2. The number of carbonyl (C=O) groups excluding carboxylic acids is 2. The first kappa shape index (κ1) is 25.3. The Morgan fingerprint density at radius 3 is 2.57 bits per heavy atom. The molecule has 0 saturated carbocycles. The molecule has 0 bridgehead atoms. The van der Waals surface area contributed by atoms with Gasteiger partial charge in [-0.15, -0.1) is 0 Å². The van der Waals surface area contributed by atoms with Crippen LogP contribution in [0.15, 0.2) is 55.1 Å². The molecule has 184 valence electrons. The zero-order valence-corrected chi connectivity index (χ0v) is 18.7. The van der Waals surface area contributed by atoms with Gasteiger partial charge < -0.3 is 19.5 Å². The number of halogens is 3. The molecule has 1 heterocycles. The van der Waals surface area contributed by atoms with Crippen LogP contribution in [0.2, 0.25) is 0 Å². The molecule has 3 aromatic rings. The van der Waals surface area contributed by atoms with Crippen molar-refractivity contribution in [1.29, 1.82) is 0 Å². The van der Waals surface area contributed by atoms with Crippen molar-refractivity contribution in [3.05, 3.63) is 66.3 Å². The highest BCUT2D eigenvalue weighted by atomic mass is 19.4. The van der Waals surface area contributed by atoms with Gasteiger partial charge in [0.2, 0.25) is 0 Å². The summed E-state index contributed by atoms with van der Waals surface area (Å²) in [6.45, 7) is 0.610. The van der Waals surface area contributed by atoms with Gasteiger partial charge in [0.05, 0.1) is 24.0 Å². The molecule has 35 heavy (non-hydrogen) atoms. The van der Waals surface area contributed by atoms with E-state index in [1.807, 2.05) is 19.1 Å². The summed E-state index contributed by atoms with van der Waals surface area (Å²) in [5.74, 6) is -1.02. The second kappa shape index (κ2) is 11.2. The molecule has 1 aromatic heterocycles. The number of nitrogens with one attached hydrogen (secondary N) is 1. The fraction of sp³-hybridized carbons (Fsp3) is 0.217. The predicted octanol–water partition coefficient (Wildman–Crippen LogP) is 3.89. The van der Waals surface area contributed by atoms with E-state index in [1.54, 1.807) is 18.2 Å². The van der Waals surface area contributed by atoms with E-state index in [0.29, 0.717) is 11.5 Å². The Hall–Kier alpha value is -4.35. The van der Waals surface area contributed by atoms with E-state index in [-0.39, 0.29) is 11.4 Å². The van der Waals surface area contributed by atoms with E-state index in [2.05, 4.69) is 15.4 Å². The number of aromatic nitrogens is 3. The largest absolute Gasteiger partial charge is 0.493 e. The minimum absolute atomic E-state index is 0.145. The van der Waals surface area contributed by atoms with E-state index >= 15 is 0 Å². The number of ether oxygens (including phenoxy) is 3. The lowest BCUT2D eigenvalue weighted by Crippen LogP contribution is -2.24. The summed E-state index contributed by atoms with van der Waals surface area (Å²) in [4.78, 5) is 28.1. The molecule has 9 nitrogen and oxygen atoms in total. The number of alkyl halides is 3. The lowest BCUT2D eigenvalue weighted by Gasteiger charge is -2.14. The molecule has 0 saturated heterocycles. The normalized spacial score (nSPS) is 11.3. The number of rotatable bonds is 9. The Kier molecular flexibility index (Phi) is 8.08. The maximum Gasteiger partial charge on any atom is 0.416 e. The number of amides is 1. The molecular weight excluding hydrogens is 469 g/mol. The summed E-state index contributed by atoms with van der Waals surface area (Å²) < 4.78 is 56.1. The zero-order valence-electron chi connectivity index (χ0n) is 18.7. The Morgan fingerprint density at radius 1 is 1.11 bits per heavy atom. The van der Waals surface area contributed by atoms with Gasteiger partial charge in [0.25, 0.3) is 5.91 Å². The van der Waals surface area contributed by atoms with Crippen molar-refractivity contribution < 1.29 is 37.0 Å². The van der Waals surface area contributed by atoms with Gasteiger partial charge >= 0.3 is 12.1 Å². The van der Waals surface area contributed by atoms with Crippen LogP contribution >= 0.6 is 0 Å². The minimum atomic E-state index is -4.63. The van der Waals surface area contributed by atoms with Gasteiger partial charge in [-0.1, -0.05) is 18.2 Å². The first-order chi connectivity index (χ1) is 16.7. The maximum absolute atomic E-state index is 13.1. The molecule has 3 rings (SSSR count). The summed E-state index contributed by atoms with van der Waals surface area (Å²) in [5.41, 5.74) is -0.146. The summed E-state index contributed by atoms with van der Waals surface area (Å²) in [7, 11) is 1.45. The average Bonchev–Trinajstić information content (AvgIpc) is 3.36. The van der Waals surface area contributed by atoms with Crippen molar-refractivity contribution in [2.24, 2.45) is 0 Å². The zero-order chi connectivity index (χ0) is 25.4. The Bertz CT molecular complexity index is 1210. The van der Waals surface area contributed by atoms with E-state index < -0.39 is 36.8 Å². The Morgan fingerprint density at radius 2 is 1.91 bits per heavy atom. The molecule has 0 spiro atoms. The first-order valence-corrected chi connectivity index (χ1v) is 10.2. The lowest BCUT2D eigenvalue weighted by atomic mass is 10.1. The number of allylic oxidation sites excluding steroid dienone is 1. The highest BCUT2D eigenvalue weighted by Gasteiger charge is 2.31. The molecule has 12 heteroatoms. The number of methoxy groups -OCH3 is 1. The summed E-state index contributed by atoms with van der Waals surface area (Å²) in [5, 5.41) is 6.17. The third kappa shape index (κ3) is 6.82. The van der Waals surface area contributed by atoms with Crippen LogP contribution in [0.25, 0.3) is 11.8 Å². The van der Waals surface area contributed by atoms with Crippen LogP contribution in [-0.2, 0) is 20.5 Å². The molecule has 0 atom stereocenters. The number of anilines is 1. The highest BCUT2D eigenvalue weighted by molar-refractivity contribution is 5.94. The molecular formula is C23H21F3N4O5. The Balaban J connectivity index is 1.61. The van der Waals surface area contributed by atoms with Gasteiger partial charge in [-0.2, -0.15) is 18.3 Å². The lowest BCUT2D eigenvalue weighted by molar-refractivity contribution is -0.149. The SMILES string of the molecule is C/C=C/c1ccc(OCC(=O)OCC(=O)Nc2cc(C(F)(F)F)ccc2-n2cncn2)c(OC)c1. The summed E-state index contributed by atoms with van der Waals surface area (Å²) in [6, 6.07) is 7.84. The van der Waals surface area contributed by atoms with Crippen LogP contribution in [0.3, 0.4) is 0 Å². The maximum atomic E-state index is 13.1. The molecule has 0 fully saturated rings. The van der Waals surface area contributed by atoms with E-state index in [1.165, 1.54) is 24.4 Å². The van der Waals surface area contributed by atoms with Crippen molar-refractivity contribution in [1.82, 2.24) is 14.8 Å². The number of hydrogen-bond acceptors (Lipinski definition) is 7. The van der Waals surface area contributed by atoms with Gasteiger partial charge in [0.15, 0.2) is 24.7 Å². The van der Waals surface area contributed by atoms with Crippen LogP contribution < -0.4 is 14.8 Å². The molecule has 1 N–H and O–H groups in total. The van der Waals surface area contributed by atoms with Crippen LogP contribution in [0.5, 0.6) is 11.5 Å². The predicted molar refractivity (Wildman–Crippen MR) is 119 cm³/mol. The molecule has 0 aliphatic heterocycles. The van der Waals surface area contributed by atoms with Crippen molar-refractivity contribution in [3.8, 4) is 17.2 Å². The number of hydrogen-bond donors (Lipinski definition) is 1. The van der Waals surface area contributed by atoms with Crippen LogP contribution in [0.1, 0.15) is 18.1 Å². The second-order valence-electron chi connectivity index (χ2n) is 6.98. The van der Waals surface area contributed by atoms with Crippen LogP contribution in [-0.4, -0.2) is 47.0 Å². The quantitative estimate of drug-likeness (QED) is 0.454. The summed E-state index contributed by atoms with van der Waals surface area (Å²) in [6.07, 6.45) is 1.53. The number of esters is 1. The van der Waals surface area contributed by atoms with Crippen LogP contribution in [0.4, 0.5) is 18.9 Å². The fourth-order valence-electron chi connectivity index (χ4n) is 2.96. The van der Waals surface area contributed by atoms with Crippen molar-refractivity contribution in [2.45, 2.75) is 13.1 Å². The van der Waals surface area contributed by atoms with E-state index in [4.69, 9.17) is 14.2 Å². The van der Waals surface area contributed by atoms with E-state index in [0.717, 1.165) is 23.8 Å². The third-order valence-electron chi connectivity index (χ3n) is 4.52. The third-order valence-corrected chi connectivity index (χ3v) is 4.52. The molecule has 0 aliphatic carbocycles.